The molecule has 1 aliphatic carbocycles. The molecule has 4 heteroatoms. The number of aromatic nitrogens is 1. The molecule has 0 saturated carbocycles. The van der Waals surface area contributed by atoms with Crippen molar-refractivity contribution in [2.75, 3.05) is 27.3 Å². The van der Waals surface area contributed by atoms with Gasteiger partial charge in [-0.3, -0.25) is 4.90 Å². The molecule has 1 aromatic heterocycles. The fraction of sp³-hybridized carbons (Fsp3) is 0.524. The Balaban J connectivity index is 1.75. The Morgan fingerprint density at radius 1 is 1.28 bits per heavy atom. The minimum absolute atomic E-state index is 0.128. The zero-order chi connectivity index (χ0) is 17.1. The zero-order valence-corrected chi connectivity index (χ0v) is 15.2. The third-order valence-electron chi connectivity index (χ3n) is 6.69. The first kappa shape index (κ1) is 15.5. The largest absolute Gasteiger partial charge is 0.417 e. The molecular formula is C21H26N2O2. The highest BCUT2D eigenvalue weighted by molar-refractivity contribution is 5.85. The Bertz CT molecular complexity index is 853. The van der Waals surface area contributed by atoms with Crippen LogP contribution < -0.4 is 4.84 Å². The van der Waals surface area contributed by atoms with E-state index in [0.717, 1.165) is 31.5 Å². The maximum atomic E-state index is 6.40. The van der Waals surface area contributed by atoms with Crippen LogP contribution in [-0.2, 0) is 11.2 Å². The summed E-state index contributed by atoms with van der Waals surface area (Å²) in [6.45, 7) is 4.13. The SMILES string of the molecule is CC=C1CN(C)[C@H]2Cc3c(n(OC)c4ccccc34)[C@@H]3C[C@H]1C2CO3. The van der Waals surface area contributed by atoms with E-state index in [1.54, 1.807) is 12.7 Å². The first-order valence-electron chi connectivity index (χ1n) is 9.36. The lowest BCUT2D eigenvalue weighted by atomic mass is 9.69. The second-order valence-electron chi connectivity index (χ2n) is 7.74. The first-order valence-corrected chi connectivity index (χ1v) is 9.36. The van der Waals surface area contributed by atoms with Gasteiger partial charge in [0.1, 0.15) is 13.2 Å². The molecule has 4 atom stereocenters. The Hall–Kier alpha value is -1.78. The molecule has 0 amide bonds. The van der Waals surface area contributed by atoms with E-state index in [9.17, 15) is 0 Å². The Morgan fingerprint density at radius 3 is 2.92 bits per heavy atom. The molecule has 6 rings (SSSR count). The number of hydrogen-bond donors (Lipinski definition) is 0. The molecular weight excluding hydrogens is 312 g/mol. The highest BCUT2D eigenvalue weighted by Crippen LogP contribution is 2.49. The van der Waals surface area contributed by atoms with Gasteiger partial charge in [0.2, 0.25) is 0 Å². The highest BCUT2D eigenvalue weighted by atomic mass is 16.6. The van der Waals surface area contributed by atoms with Crippen molar-refractivity contribution in [2.45, 2.75) is 31.9 Å². The Morgan fingerprint density at radius 2 is 2.12 bits per heavy atom. The number of ether oxygens (including phenoxy) is 1. The van der Waals surface area contributed by atoms with Crippen LogP contribution in [0.2, 0.25) is 0 Å². The molecule has 0 spiro atoms. The smallest absolute Gasteiger partial charge is 0.104 e. The molecule has 0 N–H and O–H groups in total. The van der Waals surface area contributed by atoms with Crippen molar-refractivity contribution in [1.29, 1.82) is 0 Å². The Kier molecular flexibility index (Phi) is 3.47. The van der Waals surface area contributed by atoms with Gasteiger partial charge in [-0.05, 0) is 44.4 Å². The molecule has 4 heterocycles. The minimum atomic E-state index is 0.128. The Labute approximate surface area is 149 Å². The summed E-state index contributed by atoms with van der Waals surface area (Å²) >= 11 is 0. The number of nitrogens with zero attached hydrogens (tertiary/aromatic N) is 2. The monoisotopic (exact) mass is 338 g/mol. The number of rotatable bonds is 1. The van der Waals surface area contributed by atoms with Gasteiger partial charge in [-0.25, -0.2) is 0 Å². The van der Waals surface area contributed by atoms with Gasteiger partial charge in [0.15, 0.2) is 0 Å². The summed E-state index contributed by atoms with van der Waals surface area (Å²) in [5.74, 6) is 1.24. The number of piperidine rings is 1. The normalized spacial score (nSPS) is 33.3. The van der Waals surface area contributed by atoms with Crippen LogP contribution in [0, 0.1) is 11.8 Å². The van der Waals surface area contributed by atoms with E-state index >= 15 is 0 Å². The molecule has 2 fully saturated rings. The van der Waals surface area contributed by atoms with Crippen molar-refractivity contribution in [2.24, 2.45) is 11.8 Å². The van der Waals surface area contributed by atoms with E-state index in [-0.39, 0.29) is 6.10 Å². The molecule has 4 nitrogen and oxygen atoms in total. The van der Waals surface area contributed by atoms with Crippen molar-refractivity contribution >= 4 is 10.9 Å². The van der Waals surface area contributed by atoms with Gasteiger partial charge in [0.25, 0.3) is 0 Å². The number of allylic oxidation sites excluding steroid dienone is 1. The summed E-state index contributed by atoms with van der Waals surface area (Å²) in [5, 5.41) is 1.32. The number of fused-ring (bicyclic) bond motifs is 2. The summed E-state index contributed by atoms with van der Waals surface area (Å²) in [6, 6.07) is 9.14. The lowest BCUT2D eigenvalue weighted by Gasteiger charge is -2.51. The maximum Gasteiger partial charge on any atom is 0.104 e. The van der Waals surface area contributed by atoms with E-state index < -0.39 is 0 Å². The summed E-state index contributed by atoms with van der Waals surface area (Å²) < 4.78 is 8.42. The molecule has 1 unspecified atom stereocenters. The minimum Gasteiger partial charge on any atom is -0.417 e. The van der Waals surface area contributed by atoms with Crippen LogP contribution in [-0.4, -0.2) is 43.0 Å². The fourth-order valence-electron chi connectivity index (χ4n) is 5.52. The van der Waals surface area contributed by atoms with Crippen LogP contribution in [0.15, 0.2) is 35.9 Å². The van der Waals surface area contributed by atoms with Crippen LogP contribution in [0.5, 0.6) is 0 Å². The van der Waals surface area contributed by atoms with Crippen LogP contribution >= 0.6 is 0 Å². The second kappa shape index (κ2) is 5.61. The van der Waals surface area contributed by atoms with E-state index in [4.69, 9.17) is 9.57 Å². The van der Waals surface area contributed by atoms with Crippen LogP contribution in [0.25, 0.3) is 10.9 Å². The predicted molar refractivity (Wildman–Crippen MR) is 98.6 cm³/mol. The quantitative estimate of drug-likeness (QED) is 0.747. The molecule has 4 aliphatic rings. The van der Waals surface area contributed by atoms with Gasteiger partial charge >= 0.3 is 0 Å². The summed E-state index contributed by atoms with van der Waals surface area (Å²) in [5.41, 5.74) is 5.40. The van der Waals surface area contributed by atoms with Crippen molar-refractivity contribution in [3.63, 3.8) is 0 Å². The average molecular weight is 338 g/mol. The molecule has 2 saturated heterocycles. The fourth-order valence-corrected chi connectivity index (χ4v) is 5.52. The number of likely N-dealkylation sites (N-methyl/N-ethyl adjacent to an activating group) is 1. The summed E-state index contributed by atoms with van der Waals surface area (Å²) in [6.07, 6.45) is 4.62. The third kappa shape index (κ3) is 2.07. The molecule has 25 heavy (non-hydrogen) atoms. The predicted octanol–water partition coefficient (Wildman–Crippen LogP) is 3.21. The van der Waals surface area contributed by atoms with Crippen LogP contribution in [0.4, 0.5) is 0 Å². The zero-order valence-electron chi connectivity index (χ0n) is 15.2. The van der Waals surface area contributed by atoms with Gasteiger partial charge in [-0.2, -0.15) is 4.73 Å². The summed E-state index contributed by atoms with van der Waals surface area (Å²) in [7, 11) is 4.04. The van der Waals surface area contributed by atoms with E-state index in [1.165, 1.54) is 16.6 Å². The van der Waals surface area contributed by atoms with Gasteiger partial charge in [0, 0.05) is 23.9 Å². The van der Waals surface area contributed by atoms with Gasteiger partial charge in [0.05, 0.1) is 17.8 Å². The first-order chi connectivity index (χ1) is 12.2. The lowest BCUT2D eigenvalue weighted by molar-refractivity contribution is -0.0887. The van der Waals surface area contributed by atoms with Crippen molar-refractivity contribution in [3.8, 4) is 0 Å². The standard InChI is InChI=1S/C21H26N2O2/c1-4-13-11-22(2)19-9-16-14-7-5-6-8-18(14)23(24-3)21(16)20-10-15(13)17(19)12-25-20/h4-8,15,17,19-20H,9-12H2,1-3H3/t15-,17?,19+,20+/m1/s1. The second-order valence-corrected chi connectivity index (χ2v) is 7.74. The van der Waals surface area contributed by atoms with E-state index in [2.05, 4.69) is 49.2 Å². The van der Waals surface area contributed by atoms with Crippen LogP contribution in [0.3, 0.4) is 0 Å². The number of hydrogen-bond acceptors (Lipinski definition) is 3. The highest BCUT2D eigenvalue weighted by Gasteiger charge is 2.47. The maximum absolute atomic E-state index is 6.40. The molecule has 1 aromatic carbocycles. The molecule has 2 aromatic rings. The molecule has 4 bridgehead atoms. The van der Waals surface area contributed by atoms with Gasteiger partial charge in [-0.1, -0.05) is 29.8 Å². The molecule has 3 aliphatic heterocycles. The topological polar surface area (TPSA) is 26.6 Å². The summed E-state index contributed by atoms with van der Waals surface area (Å²) in [4.78, 5) is 8.36. The molecule has 132 valence electrons. The number of likely N-dealkylation sites (tertiary alicyclic amines) is 1. The van der Waals surface area contributed by atoms with E-state index in [1.807, 2.05) is 4.73 Å². The number of benzene rings is 1. The van der Waals surface area contributed by atoms with Crippen molar-refractivity contribution in [3.05, 3.63) is 47.2 Å². The average Bonchev–Trinajstić information content (AvgIpc) is 2.94. The molecule has 0 radical (unpaired) electrons. The number of para-hydroxylation sites is 1. The van der Waals surface area contributed by atoms with Crippen molar-refractivity contribution < 1.29 is 9.57 Å². The van der Waals surface area contributed by atoms with E-state index in [0.29, 0.717) is 17.9 Å². The van der Waals surface area contributed by atoms with Crippen LogP contribution in [0.1, 0.15) is 30.7 Å². The van der Waals surface area contributed by atoms with Crippen molar-refractivity contribution in [1.82, 2.24) is 9.63 Å². The van der Waals surface area contributed by atoms with Gasteiger partial charge in [-0.15, -0.1) is 0 Å². The van der Waals surface area contributed by atoms with Gasteiger partial charge < -0.3 is 9.57 Å². The lowest BCUT2D eigenvalue weighted by Crippen LogP contribution is -2.54. The third-order valence-corrected chi connectivity index (χ3v) is 6.69.